The van der Waals surface area contributed by atoms with Crippen LogP contribution in [0.1, 0.15) is 54.9 Å². The summed E-state index contributed by atoms with van der Waals surface area (Å²) < 4.78 is 0. The highest BCUT2D eigenvalue weighted by Crippen LogP contribution is 2.39. The van der Waals surface area contributed by atoms with Gasteiger partial charge in [-0.15, -0.1) is 0 Å². The summed E-state index contributed by atoms with van der Waals surface area (Å²) in [6.45, 7) is 3.47. The maximum atomic E-state index is 13.1. The lowest BCUT2D eigenvalue weighted by atomic mass is 9.72. The van der Waals surface area contributed by atoms with Gasteiger partial charge in [-0.1, -0.05) is 31.9 Å². The van der Waals surface area contributed by atoms with Gasteiger partial charge in [-0.3, -0.25) is 14.5 Å². The standard InChI is InChI=1S/C21H27N3O3/c1-14-10-11-23(18-5-3-2-4-17(14)18)20(26)16-8-6-15(7-9-16)13-24-19(25)12-22-21(24)27/h6-9,14,17-18H,2-5,10-13H2,1H3,(H,22,27). The highest BCUT2D eigenvalue weighted by Gasteiger charge is 2.39. The monoisotopic (exact) mass is 369 g/mol. The van der Waals surface area contributed by atoms with Gasteiger partial charge in [-0.25, -0.2) is 4.79 Å². The first-order chi connectivity index (χ1) is 13.0. The van der Waals surface area contributed by atoms with Crippen molar-refractivity contribution in [2.75, 3.05) is 13.1 Å². The first-order valence-corrected chi connectivity index (χ1v) is 10.0. The van der Waals surface area contributed by atoms with Crippen LogP contribution in [-0.2, 0) is 11.3 Å². The van der Waals surface area contributed by atoms with Gasteiger partial charge in [-0.05, 0) is 48.8 Å². The Hall–Kier alpha value is -2.37. The molecule has 2 saturated heterocycles. The van der Waals surface area contributed by atoms with E-state index in [1.54, 1.807) is 0 Å². The summed E-state index contributed by atoms with van der Waals surface area (Å²) in [4.78, 5) is 39.8. The van der Waals surface area contributed by atoms with Crippen LogP contribution in [0.4, 0.5) is 4.79 Å². The number of fused-ring (bicyclic) bond motifs is 1. The highest BCUT2D eigenvalue weighted by atomic mass is 16.2. The average molecular weight is 369 g/mol. The van der Waals surface area contributed by atoms with Gasteiger partial charge in [0.1, 0.15) is 0 Å². The number of carbonyl (C=O) groups excluding carboxylic acids is 3. The van der Waals surface area contributed by atoms with Gasteiger partial charge in [0.15, 0.2) is 0 Å². The summed E-state index contributed by atoms with van der Waals surface area (Å²) in [5, 5.41) is 2.52. The van der Waals surface area contributed by atoms with Gasteiger partial charge >= 0.3 is 6.03 Å². The smallest absolute Gasteiger partial charge is 0.324 e. The molecule has 3 atom stereocenters. The third-order valence-corrected chi connectivity index (χ3v) is 6.48. The number of imide groups is 1. The van der Waals surface area contributed by atoms with Crippen molar-refractivity contribution in [3.05, 3.63) is 35.4 Å². The maximum absolute atomic E-state index is 13.1. The molecule has 1 aromatic rings. The predicted molar refractivity (Wildman–Crippen MR) is 101 cm³/mol. The summed E-state index contributed by atoms with van der Waals surface area (Å²) in [7, 11) is 0. The summed E-state index contributed by atoms with van der Waals surface area (Å²) in [6.07, 6.45) is 5.93. The normalized spacial score (nSPS) is 28.1. The van der Waals surface area contributed by atoms with Crippen molar-refractivity contribution in [3.8, 4) is 0 Å². The number of carbonyl (C=O) groups is 3. The lowest BCUT2D eigenvalue weighted by Crippen LogP contribution is -2.52. The summed E-state index contributed by atoms with van der Waals surface area (Å²) in [5.74, 6) is 1.23. The Balaban J connectivity index is 1.46. The van der Waals surface area contributed by atoms with Crippen molar-refractivity contribution in [2.24, 2.45) is 11.8 Å². The topological polar surface area (TPSA) is 69.7 Å². The van der Waals surface area contributed by atoms with Gasteiger partial charge < -0.3 is 10.2 Å². The number of amides is 4. The number of nitrogens with one attached hydrogen (secondary N) is 1. The van der Waals surface area contributed by atoms with Crippen LogP contribution in [0.2, 0.25) is 0 Å². The molecule has 3 unspecified atom stereocenters. The van der Waals surface area contributed by atoms with E-state index in [4.69, 9.17) is 0 Å². The molecule has 2 aliphatic heterocycles. The van der Waals surface area contributed by atoms with E-state index in [-0.39, 0.29) is 30.9 Å². The highest BCUT2D eigenvalue weighted by molar-refractivity contribution is 6.01. The van der Waals surface area contributed by atoms with Crippen LogP contribution in [0, 0.1) is 11.8 Å². The Morgan fingerprint density at radius 2 is 1.85 bits per heavy atom. The van der Waals surface area contributed by atoms with Crippen LogP contribution >= 0.6 is 0 Å². The Kier molecular flexibility index (Phi) is 4.89. The number of likely N-dealkylation sites (tertiary alicyclic amines) is 1. The number of hydrogen-bond donors (Lipinski definition) is 1. The molecular formula is C21H27N3O3. The Morgan fingerprint density at radius 3 is 2.56 bits per heavy atom. The molecule has 1 saturated carbocycles. The van der Waals surface area contributed by atoms with Crippen molar-refractivity contribution in [1.82, 2.24) is 15.1 Å². The van der Waals surface area contributed by atoms with Crippen molar-refractivity contribution in [3.63, 3.8) is 0 Å². The van der Waals surface area contributed by atoms with Crippen LogP contribution in [0.3, 0.4) is 0 Å². The van der Waals surface area contributed by atoms with Crippen LogP contribution in [0.15, 0.2) is 24.3 Å². The van der Waals surface area contributed by atoms with E-state index >= 15 is 0 Å². The average Bonchev–Trinajstić information content (AvgIpc) is 3.01. The van der Waals surface area contributed by atoms with Crippen molar-refractivity contribution < 1.29 is 14.4 Å². The minimum absolute atomic E-state index is 0.0609. The zero-order valence-corrected chi connectivity index (χ0v) is 15.8. The number of hydrogen-bond acceptors (Lipinski definition) is 3. The number of urea groups is 1. The lowest BCUT2D eigenvalue weighted by molar-refractivity contribution is -0.125. The lowest BCUT2D eigenvalue weighted by Gasteiger charge is -2.47. The molecule has 2 heterocycles. The number of nitrogens with zero attached hydrogens (tertiary/aromatic N) is 2. The van der Waals surface area contributed by atoms with Gasteiger partial charge in [0.05, 0.1) is 13.1 Å². The fraction of sp³-hybridized carbons (Fsp3) is 0.571. The molecule has 27 heavy (non-hydrogen) atoms. The SMILES string of the molecule is CC1CCN(C(=O)c2ccc(CN3C(=O)CNC3=O)cc2)C2CCCCC12. The molecule has 3 aliphatic rings. The molecule has 6 nitrogen and oxygen atoms in total. The molecule has 0 spiro atoms. The fourth-order valence-corrected chi connectivity index (χ4v) is 4.88. The minimum atomic E-state index is -0.356. The van der Waals surface area contributed by atoms with Gasteiger partial charge in [-0.2, -0.15) is 0 Å². The molecular weight excluding hydrogens is 342 g/mol. The zero-order valence-electron chi connectivity index (χ0n) is 15.8. The second-order valence-corrected chi connectivity index (χ2v) is 8.12. The minimum Gasteiger partial charge on any atom is -0.335 e. The molecule has 3 fully saturated rings. The van der Waals surface area contributed by atoms with E-state index in [0.29, 0.717) is 23.4 Å². The molecule has 144 valence electrons. The van der Waals surface area contributed by atoms with Crippen LogP contribution in [0.5, 0.6) is 0 Å². The molecule has 1 aliphatic carbocycles. The van der Waals surface area contributed by atoms with Gasteiger partial charge in [0.25, 0.3) is 5.91 Å². The molecule has 0 bridgehead atoms. The van der Waals surface area contributed by atoms with E-state index in [2.05, 4.69) is 17.1 Å². The summed E-state index contributed by atoms with van der Waals surface area (Å²) in [5.41, 5.74) is 1.54. The largest absolute Gasteiger partial charge is 0.335 e. The predicted octanol–water partition coefficient (Wildman–Crippen LogP) is 2.78. The number of piperidine rings is 1. The van der Waals surface area contributed by atoms with Crippen molar-refractivity contribution >= 4 is 17.8 Å². The number of benzene rings is 1. The van der Waals surface area contributed by atoms with E-state index in [1.165, 1.54) is 24.2 Å². The zero-order chi connectivity index (χ0) is 19.0. The molecule has 0 radical (unpaired) electrons. The van der Waals surface area contributed by atoms with E-state index in [1.807, 2.05) is 24.3 Å². The van der Waals surface area contributed by atoms with E-state index in [9.17, 15) is 14.4 Å². The second kappa shape index (κ2) is 7.33. The molecule has 4 amide bonds. The number of rotatable bonds is 3. The summed E-state index contributed by atoms with van der Waals surface area (Å²) >= 11 is 0. The first-order valence-electron chi connectivity index (χ1n) is 10.0. The molecule has 4 rings (SSSR count). The van der Waals surface area contributed by atoms with Crippen molar-refractivity contribution in [2.45, 2.75) is 51.6 Å². The quantitative estimate of drug-likeness (QED) is 0.833. The van der Waals surface area contributed by atoms with Crippen molar-refractivity contribution in [1.29, 1.82) is 0 Å². The van der Waals surface area contributed by atoms with Crippen LogP contribution in [-0.4, -0.2) is 46.8 Å². The summed E-state index contributed by atoms with van der Waals surface area (Å²) in [6, 6.07) is 7.36. The Labute approximate surface area is 159 Å². The fourth-order valence-electron chi connectivity index (χ4n) is 4.88. The van der Waals surface area contributed by atoms with Gasteiger partial charge in [0.2, 0.25) is 5.91 Å². The Morgan fingerprint density at radius 1 is 1.11 bits per heavy atom. The van der Waals surface area contributed by atoms with E-state index < -0.39 is 0 Å². The molecule has 0 aromatic heterocycles. The third kappa shape index (κ3) is 3.45. The van der Waals surface area contributed by atoms with Gasteiger partial charge in [0, 0.05) is 18.2 Å². The molecule has 1 aromatic carbocycles. The first kappa shape index (κ1) is 18.0. The maximum Gasteiger partial charge on any atom is 0.324 e. The van der Waals surface area contributed by atoms with Crippen LogP contribution < -0.4 is 5.32 Å². The van der Waals surface area contributed by atoms with E-state index in [0.717, 1.165) is 24.9 Å². The molecule has 1 N–H and O–H groups in total. The molecule has 6 heteroatoms. The second-order valence-electron chi connectivity index (χ2n) is 8.12. The van der Waals surface area contributed by atoms with Crippen LogP contribution in [0.25, 0.3) is 0 Å². The Bertz CT molecular complexity index is 730. The third-order valence-electron chi connectivity index (χ3n) is 6.48.